The number of benzene rings is 1. The van der Waals surface area contributed by atoms with E-state index in [9.17, 15) is 23.1 Å². The number of carbonyl (C=O) groups is 1. The maximum Gasteiger partial charge on any atom is 0.417 e. The van der Waals surface area contributed by atoms with Crippen LogP contribution in [0.5, 0.6) is 0 Å². The summed E-state index contributed by atoms with van der Waals surface area (Å²) >= 11 is 0. The first-order valence-electron chi connectivity index (χ1n) is 17.9. The van der Waals surface area contributed by atoms with Crippen LogP contribution in [0.1, 0.15) is 134 Å². The summed E-state index contributed by atoms with van der Waals surface area (Å²) in [4.78, 5) is 13.1. The molecule has 0 unspecified atom stereocenters. The molecular formula is C38H55F3O3. The summed E-state index contributed by atoms with van der Waals surface area (Å²) in [5.74, 6) is 3.10. The van der Waals surface area contributed by atoms with Crippen LogP contribution in [0.4, 0.5) is 13.2 Å². The van der Waals surface area contributed by atoms with E-state index in [1.54, 1.807) is 0 Å². The molecule has 0 heterocycles. The smallest absolute Gasteiger partial charge is 0.417 e. The van der Waals surface area contributed by atoms with Gasteiger partial charge in [-0.1, -0.05) is 58.2 Å². The maximum absolute atomic E-state index is 13.8. The third kappa shape index (κ3) is 5.77. The second-order valence-electron chi connectivity index (χ2n) is 16.4. The van der Waals surface area contributed by atoms with Gasteiger partial charge in [-0.2, -0.15) is 13.2 Å². The van der Waals surface area contributed by atoms with Crippen molar-refractivity contribution in [3.8, 4) is 0 Å². The van der Waals surface area contributed by atoms with Crippen LogP contribution in [-0.2, 0) is 4.74 Å². The number of hydrogen-bond donors (Lipinski definition) is 1. The van der Waals surface area contributed by atoms with Gasteiger partial charge in [-0.25, -0.2) is 4.79 Å². The molecule has 246 valence electrons. The number of alkyl halides is 3. The van der Waals surface area contributed by atoms with Gasteiger partial charge < -0.3 is 9.84 Å². The normalized spacial score (nSPS) is 40.8. The van der Waals surface area contributed by atoms with Gasteiger partial charge in [0.1, 0.15) is 6.10 Å². The summed E-state index contributed by atoms with van der Waals surface area (Å²) in [5, 5.41) is 10.6. The molecule has 3 nitrogen and oxygen atoms in total. The van der Waals surface area contributed by atoms with E-state index in [2.05, 4.69) is 20.8 Å². The fourth-order valence-corrected chi connectivity index (χ4v) is 11.8. The van der Waals surface area contributed by atoms with E-state index in [4.69, 9.17) is 4.74 Å². The molecule has 10 atom stereocenters. The number of halogens is 3. The molecule has 5 saturated carbocycles. The lowest BCUT2D eigenvalue weighted by molar-refractivity contribution is -0.290. The minimum Gasteiger partial charge on any atom is -0.458 e. The van der Waals surface area contributed by atoms with Crippen molar-refractivity contribution in [2.24, 2.45) is 52.3 Å². The highest BCUT2D eigenvalue weighted by molar-refractivity contribution is 5.89. The molecule has 6 heteroatoms. The molecular weight excluding hydrogens is 561 g/mol. The number of rotatable bonds is 7. The molecule has 0 bridgehead atoms. The maximum atomic E-state index is 13.8. The van der Waals surface area contributed by atoms with Gasteiger partial charge in [-0.05, 0) is 148 Å². The molecule has 5 fully saturated rings. The first-order chi connectivity index (χ1) is 20.9. The van der Waals surface area contributed by atoms with Crippen molar-refractivity contribution in [3.05, 3.63) is 35.9 Å². The zero-order chi connectivity index (χ0) is 31.3. The summed E-state index contributed by atoms with van der Waals surface area (Å²) in [6.45, 7) is 7.23. The Bertz CT molecular complexity index is 1150. The van der Waals surface area contributed by atoms with Crippen molar-refractivity contribution in [2.75, 3.05) is 0 Å². The van der Waals surface area contributed by atoms with Crippen LogP contribution in [0.25, 0.3) is 0 Å². The Kier molecular flexibility index (Phi) is 9.00. The Morgan fingerprint density at radius 3 is 2.30 bits per heavy atom. The molecule has 0 saturated heterocycles. The Labute approximate surface area is 263 Å². The lowest BCUT2D eigenvalue weighted by Crippen LogP contribution is -2.59. The third-order valence-corrected chi connectivity index (χ3v) is 14.4. The minimum atomic E-state index is -4.54. The molecule has 0 amide bonds. The van der Waals surface area contributed by atoms with E-state index < -0.39 is 11.8 Å². The van der Waals surface area contributed by atoms with Gasteiger partial charge in [0.15, 0.2) is 5.60 Å². The van der Waals surface area contributed by atoms with Crippen molar-refractivity contribution in [1.29, 1.82) is 0 Å². The van der Waals surface area contributed by atoms with Gasteiger partial charge in [-0.15, -0.1) is 0 Å². The summed E-state index contributed by atoms with van der Waals surface area (Å²) in [6, 6.07) is 9.40. The Hall–Kier alpha value is -1.56. The zero-order valence-electron chi connectivity index (χ0n) is 27.2. The zero-order valence-corrected chi connectivity index (χ0v) is 27.2. The predicted octanol–water partition coefficient (Wildman–Crippen LogP) is 10.2. The monoisotopic (exact) mass is 616 g/mol. The van der Waals surface area contributed by atoms with E-state index in [0.29, 0.717) is 47.5 Å². The minimum absolute atomic E-state index is 0.0249. The highest BCUT2D eigenvalue weighted by Gasteiger charge is 2.65. The first-order valence-corrected chi connectivity index (χ1v) is 17.9. The van der Waals surface area contributed by atoms with E-state index in [1.807, 2.05) is 30.3 Å². The molecule has 6 rings (SSSR count). The lowest BCUT2D eigenvalue weighted by atomic mass is 9.43. The topological polar surface area (TPSA) is 46.5 Å². The second kappa shape index (κ2) is 12.2. The molecule has 0 aliphatic heterocycles. The highest BCUT2D eigenvalue weighted by Crippen LogP contribution is 2.69. The highest BCUT2D eigenvalue weighted by atomic mass is 19.4. The SMILES string of the molecule is C[C@H](CC[C@H](OC(=O)c1ccccc1)C1CCCCC1)[C@H]1CC[C@H]2[C@@H]3CC[C@H]4C[C@](O)(C(F)(F)F)CC[C@]4(C)[C@H]3CC[C@]12C. The predicted molar refractivity (Wildman–Crippen MR) is 167 cm³/mol. The Morgan fingerprint density at radius 2 is 1.59 bits per heavy atom. The Morgan fingerprint density at radius 1 is 0.886 bits per heavy atom. The van der Waals surface area contributed by atoms with Crippen molar-refractivity contribution < 1.29 is 27.8 Å². The fraction of sp³-hybridized carbons (Fsp3) is 0.816. The van der Waals surface area contributed by atoms with Crippen LogP contribution in [0, 0.1) is 52.3 Å². The number of carbonyl (C=O) groups excluding carboxylic acids is 1. The molecule has 0 spiro atoms. The van der Waals surface area contributed by atoms with Crippen LogP contribution >= 0.6 is 0 Å². The molecule has 44 heavy (non-hydrogen) atoms. The summed E-state index contributed by atoms with van der Waals surface area (Å²) in [7, 11) is 0. The van der Waals surface area contributed by atoms with Crippen molar-refractivity contribution >= 4 is 5.97 Å². The number of aliphatic hydroxyl groups is 1. The molecule has 0 aromatic heterocycles. The lowest BCUT2D eigenvalue weighted by Gasteiger charge is -2.62. The number of ether oxygens (including phenoxy) is 1. The molecule has 1 aromatic carbocycles. The average Bonchev–Trinajstić information content (AvgIpc) is 3.37. The van der Waals surface area contributed by atoms with Gasteiger partial charge in [0.25, 0.3) is 0 Å². The standard InChI is InChI=1S/C38H55F3O3/c1-25(14-19-33(26-10-6-4-7-11-26)44-34(42)27-12-8-5-9-13-27)30-17-18-31-29-16-15-28-24-37(43,38(39,40)41)23-22-35(28,2)32(29)20-21-36(30,31)3/h5,8-9,12-13,25-26,28-33,43H,4,6-7,10-11,14-24H2,1-3H3/t25-,28+,29+,30-,31+,32+,33+,35+,36-,37+/m1/s1. The van der Waals surface area contributed by atoms with E-state index in [0.717, 1.165) is 51.4 Å². The van der Waals surface area contributed by atoms with Gasteiger partial charge in [0.05, 0.1) is 5.56 Å². The molecule has 5 aliphatic rings. The number of fused-ring (bicyclic) bond motifs is 5. The van der Waals surface area contributed by atoms with E-state index >= 15 is 0 Å². The summed E-state index contributed by atoms with van der Waals surface area (Å²) in [6.07, 6.45) is 10.2. The van der Waals surface area contributed by atoms with E-state index in [1.165, 1.54) is 32.1 Å². The Balaban J connectivity index is 1.11. The van der Waals surface area contributed by atoms with Crippen molar-refractivity contribution in [3.63, 3.8) is 0 Å². The van der Waals surface area contributed by atoms with Crippen LogP contribution in [0.3, 0.4) is 0 Å². The number of esters is 1. The fourth-order valence-electron chi connectivity index (χ4n) is 11.8. The molecule has 0 radical (unpaired) electrons. The quantitative estimate of drug-likeness (QED) is 0.310. The first kappa shape index (κ1) is 32.4. The largest absolute Gasteiger partial charge is 0.458 e. The van der Waals surface area contributed by atoms with Crippen LogP contribution < -0.4 is 0 Å². The van der Waals surface area contributed by atoms with E-state index in [-0.39, 0.29) is 41.7 Å². The van der Waals surface area contributed by atoms with Crippen molar-refractivity contribution in [1.82, 2.24) is 0 Å². The van der Waals surface area contributed by atoms with Gasteiger partial charge >= 0.3 is 12.1 Å². The van der Waals surface area contributed by atoms with Crippen LogP contribution in [0.15, 0.2) is 30.3 Å². The van der Waals surface area contributed by atoms with Crippen molar-refractivity contribution in [2.45, 2.75) is 141 Å². The molecule has 5 aliphatic carbocycles. The third-order valence-electron chi connectivity index (χ3n) is 14.4. The van der Waals surface area contributed by atoms with Gasteiger partial charge in [0.2, 0.25) is 0 Å². The summed E-state index contributed by atoms with van der Waals surface area (Å²) < 4.78 is 47.6. The van der Waals surface area contributed by atoms with Crippen LogP contribution in [-0.4, -0.2) is 29.0 Å². The summed E-state index contributed by atoms with van der Waals surface area (Å²) in [5.41, 5.74) is -1.70. The molecule has 1 N–H and O–H groups in total. The average molecular weight is 617 g/mol. The number of hydrogen-bond acceptors (Lipinski definition) is 3. The van der Waals surface area contributed by atoms with Gasteiger partial charge in [-0.3, -0.25) is 0 Å². The molecule has 1 aromatic rings. The second-order valence-corrected chi connectivity index (χ2v) is 16.4. The van der Waals surface area contributed by atoms with Crippen LogP contribution in [0.2, 0.25) is 0 Å². The van der Waals surface area contributed by atoms with Gasteiger partial charge in [0, 0.05) is 0 Å².